The zero-order chi connectivity index (χ0) is 16.9. The number of hydrogen-bond acceptors (Lipinski definition) is 4. The summed E-state index contributed by atoms with van der Waals surface area (Å²) in [5, 5.41) is 1.07. The molecule has 4 rings (SSSR count). The van der Waals surface area contributed by atoms with Gasteiger partial charge in [0, 0.05) is 36.2 Å². The smallest absolute Gasteiger partial charge is 0.0497 e. The van der Waals surface area contributed by atoms with Crippen molar-refractivity contribution < 1.29 is 0 Å². The standard InChI is InChI=1S/C21H18S4/c1-3-7-16(8-4-1)13-18-20(21-22-11-12-23-21)19(25-15-24-18)14-17-9-5-2-6-10-17/h1-10,13-14H,11-12,15H2/b18-13-,19-14-. The molecule has 2 aromatic carbocycles. The third kappa shape index (κ3) is 4.43. The summed E-state index contributed by atoms with van der Waals surface area (Å²) in [6.45, 7) is 0. The van der Waals surface area contributed by atoms with Crippen LogP contribution in [0, 0.1) is 0 Å². The van der Waals surface area contributed by atoms with E-state index in [9.17, 15) is 0 Å². The molecule has 0 saturated carbocycles. The minimum atomic E-state index is 1.07. The lowest BCUT2D eigenvalue weighted by molar-refractivity contribution is 1.59. The molecule has 0 radical (unpaired) electrons. The zero-order valence-electron chi connectivity index (χ0n) is 13.7. The number of hydrogen-bond donors (Lipinski definition) is 0. The summed E-state index contributed by atoms with van der Waals surface area (Å²) >= 11 is 7.96. The lowest BCUT2D eigenvalue weighted by Crippen LogP contribution is -1.98. The average molecular weight is 399 g/mol. The Morgan fingerprint density at radius 3 is 1.56 bits per heavy atom. The third-order valence-electron chi connectivity index (χ3n) is 3.87. The van der Waals surface area contributed by atoms with Gasteiger partial charge in [0.25, 0.3) is 0 Å². The van der Waals surface area contributed by atoms with Crippen molar-refractivity contribution in [3.63, 3.8) is 0 Å². The topological polar surface area (TPSA) is 0 Å². The van der Waals surface area contributed by atoms with Crippen LogP contribution in [-0.2, 0) is 0 Å². The van der Waals surface area contributed by atoms with Crippen molar-refractivity contribution in [1.29, 1.82) is 0 Å². The van der Waals surface area contributed by atoms with Crippen molar-refractivity contribution in [2.75, 3.05) is 16.6 Å². The highest BCUT2D eigenvalue weighted by molar-refractivity contribution is 8.25. The molecule has 2 fully saturated rings. The molecule has 0 aliphatic carbocycles. The summed E-state index contributed by atoms with van der Waals surface area (Å²) in [6.07, 6.45) is 4.70. The third-order valence-corrected chi connectivity index (χ3v) is 8.79. The van der Waals surface area contributed by atoms with E-state index in [1.807, 2.05) is 47.0 Å². The molecule has 2 saturated heterocycles. The van der Waals surface area contributed by atoms with Gasteiger partial charge in [-0.2, -0.15) is 0 Å². The van der Waals surface area contributed by atoms with Gasteiger partial charge in [-0.3, -0.25) is 0 Å². The highest BCUT2D eigenvalue weighted by Gasteiger charge is 2.25. The summed E-state index contributed by atoms with van der Waals surface area (Å²) in [5.74, 6) is 2.44. The first kappa shape index (κ1) is 17.5. The quantitative estimate of drug-likeness (QED) is 0.524. The van der Waals surface area contributed by atoms with E-state index in [1.54, 1.807) is 0 Å². The minimum Gasteiger partial charge on any atom is -0.118 e. The molecule has 0 spiro atoms. The second kappa shape index (κ2) is 8.63. The van der Waals surface area contributed by atoms with Gasteiger partial charge in [0.1, 0.15) is 0 Å². The molecule has 0 aromatic heterocycles. The Labute approximate surface area is 166 Å². The maximum atomic E-state index is 2.35. The Hall–Kier alpha value is -0.940. The zero-order valence-corrected chi connectivity index (χ0v) is 16.9. The Kier molecular flexibility index (Phi) is 6.03. The van der Waals surface area contributed by atoms with Gasteiger partial charge in [-0.15, -0.1) is 47.0 Å². The fraction of sp³-hybridized carbons (Fsp3) is 0.143. The molecule has 0 unspecified atom stereocenters. The lowest BCUT2D eigenvalue weighted by Gasteiger charge is -2.23. The fourth-order valence-electron chi connectivity index (χ4n) is 2.71. The van der Waals surface area contributed by atoms with Crippen LogP contribution in [-0.4, -0.2) is 16.6 Å². The summed E-state index contributed by atoms with van der Waals surface area (Å²) in [7, 11) is 0. The summed E-state index contributed by atoms with van der Waals surface area (Å²) in [5.41, 5.74) is 4.01. The molecule has 0 amide bonds. The molecule has 0 atom stereocenters. The van der Waals surface area contributed by atoms with E-state index in [4.69, 9.17) is 0 Å². The first-order chi connectivity index (χ1) is 12.4. The molecule has 4 heteroatoms. The van der Waals surface area contributed by atoms with Gasteiger partial charge in [-0.25, -0.2) is 0 Å². The summed E-state index contributed by atoms with van der Waals surface area (Å²) in [4.78, 5) is 2.81. The average Bonchev–Trinajstić information content (AvgIpc) is 3.18. The van der Waals surface area contributed by atoms with Gasteiger partial charge < -0.3 is 0 Å². The molecule has 2 aliphatic rings. The molecular weight excluding hydrogens is 380 g/mol. The van der Waals surface area contributed by atoms with Crippen LogP contribution in [0.25, 0.3) is 12.2 Å². The number of rotatable bonds is 2. The van der Waals surface area contributed by atoms with Gasteiger partial charge in [-0.05, 0) is 23.3 Å². The van der Waals surface area contributed by atoms with Crippen molar-refractivity contribution in [3.8, 4) is 0 Å². The number of allylic oxidation sites excluding steroid dienone is 2. The van der Waals surface area contributed by atoms with E-state index < -0.39 is 0 Å². The molecule has 2 heterocycles. The molecule has 2 aromatic rings. The van der Waals surface area contributed by atoms with Crippen molar-refractivity contribution in [2.45, 2.75) is 0 Å². The Morgan fingerprint density at radius 1 is 0.600 bits per heavy atom. The highest BCUT2D eigenvalue weighted by atomic mass is 32.2. The van der Waals surface area contributed by atoms with Gasteiger partial charge in [0.05, 0.1) is 0 Å². The van der Waals surface area contributed by atoms with Gasteiger partial charge in [0.2, 0.25) is 0 Å². The van der Waals surface area contributed by atoms with E-state index >= 15 is 0 Å². The molecule has 0 N–H and O–H groups in total. The monoisotopic (exact) mass is 398 g/mol. The van der Waals surface area contributed by atoms with Crippen molar-refractivity contribution in [1.82, 2.24) is 0 Å². The largest absolute Gasteiger partial charge is 0.118 e. The van der Waals surface area contributed by atoms with Gasteiger partial charge >= 0.3 is 0 Å². The van der Waals surface area contributed by atoms with Crippen LogP contribution in [0.2, 0.25) is 0 Å². The van der Waals surface area contributed by atoms with Crippen LogP contribution < -0.4 is 0 Å². The van der Waals surface area contributed by atoms with Crippen molar-refractivity contribution >= 4 is 59.2 Å². The van der Waals surface area contributed by atoms with Gasteiger partial charge in [-0.1, -0.05) is 60.7 Å². The predicted octanol–water partition coefficient (Wildman–Crippen LogP) is 7.20. The van der Waals surface area contributed by atoms with Crippen molar-refractivity contribution in [3.05, 3.63) is 91.4 Å². The molecule has 2 aliphatic heterocycles. The van der Waals surface area contributed by atoms with Crippen LogP contribution in [0.1, 0.15) is 11.1 Å². The van der Waals surface area contributed by atoms with E-state index in [0.29, 0.717) is 0 Å². The Balaban J connectivity index is 1.78. The molecule has 126 valence electrons. The summed E-state index contributed by atoms with van der Waals surface area (Å²) in [6, 6.07) is 21.4. The van der Waals surface area contributed by atoms with E-state index in [1.165, 1.54) is 42.3 Å². The van der Waals surface area contributed by atoms with Gasteiger partial charge in [0.15, 0.2) is 0 Å². The van der Waals surface area contributed by atoms with E-state index in [2.05, 4.69) is 72.8 Å². The fourth-order valence-corrected chi connectivity index (χ4v) is 8.03. The van der Waals surface area contributed by atoms with Crippen LogP contribution >= 0.6 is 47.0 Å². The molecule has 25 heavy (non-hydrogen) atoms. The van der Waals surface area contributed by atoms with E-state index in [-0.39, 0.29) is 0 Å². The Bertz CT molecular complexity index is 752. The van der Waals surface area contributed by atoms with Crippen molar-refractivity contribution in [2.24, 2.45) is 0 Å². The predicted molar refractivity (Wildman–Crippen MR) is 121 cm³/mol. The maximum absolute atomic E-state index is 2.35. The first-order valence-corrected chi connectivity index (χ1v) is 12.1. The molecule has 0 bridgehead atoms. The SMILES string of the molecule is C(=C1/SCS/C(=C\c2ccccc2)C1=C1SCCS1)/c1ccccc1. The second-order valence-electron chi connectivity index (χ2n) is 5.60. The second-order valence-corrected chi connectivity index (χ2v) is 10.5. The highest BCUT2D eigenvalue weighted by Crippen LogP contribution is 2.52. The van der Waals surface area contributed by atoms with E-state index in [0.717, 1.165) is 5.08 Å². The number of thioether (sulfide) groups is 4. The minimum absolute atomic E-state index is 1.07. The summed E-state index contributed by atoms with van der Waals surface area (Å²) < 4.78 is 1.49. The number of benzene rings is 2. The van der Waals surface area contributed by atoms with Crippen LogP contribution in [0.5, 0.6) is 0 Å². The van der Waals surface area contributed by atoms with Crippen LogP contribution in [0.3, 0.4) is 0 Å². The first-order valence-electron chi connectivity index (χ1n) is 8.20. The molecular formula is C21H18S4. The molecule has 0 nitrogen and oxygen atoms in total. The van der Waals surface area contributed by atoms with Crippen LogP contribution in [0.4, 0.5) is 0 Å². The Morgan fingerprint density at radius 2 is 1.08 bits per heavy atom. The lowest BCUT2D eigenvalue weighted by atomic mass is 10.1. The normalized spacial score (nSPS) is 21.3. The van der Waals surface area contributed by atoms with Crippen LogP contribution in [0.15, 0.2) is 80.3 Å². The maximum Gasteiger partial charge on any atom is 0.0497 e.